The summed E-state index contributed by atoms with van der Waals surface area (Å²) in [5, 5.41) is 25.3. The second kappa shape index (κ2) is 19.1. The van der Waals surface area contributed by atoms with Gasteiger partial charge >= 0.3 is 11.9 Å². The van der Waals surface area contributed by atoms with Gasteiger partial charge in [-0.05, 0) is 122 Å². The standard InChI is InChI=1S/C42H62N2O13S/c1-29-24-31-26-36(57-38(46)40(5,6)7)42(47,21-13-23-54-27-30-16-18-32(53-9)19-17-30)41(31,35(25-29)56-37(45)39(2,3)4)20-12-22-43(55-28-52-8)58(50,51)34-15-11-10-14-33(34)44(48)49/h10-11,14-19,29,31,35-36,47H,12-13,20-28H2,1-9H3/t29-,31+,35-,36-,41-,42+/m1/s1. The SMILES string of the molecule is COCON(CCC[C@@]12[C@@H](C[C@@H](C)C[C@H]1OC(=O)C(C)(C)C)C[C@@H](OC(=O)C(C)(C)C)[C@@]2(O)CCCOCc1ccc(OC)cc1)S(=O)(=O)c1ccccc1[N+](=O)[O-]. The number of hydrogen-bond acceptors (Lipinski definition) is 13. The molecule has 0 spiro atoms. The second-order valence-electron chi connectivity index (χ2n) is 17.7. The predicted molar refractivity (Wildman–Crippen MR) is 214 cm³/mol. The number of methoxy groups -OCH3 is 2. The quantitative estimate of drug-likeness (QED) is 0.0502. The number of nitrogens with zero attached hydrogens (tertiary/aromatic N) is 2. The second-order valence-corrected chi connectivity index (χ2v) is 19.5. The zero-order chi connectivity index (χ0) is 43.1. The number of hydroxylamine groups is 1. The predicted octanol–water partition coefficient (Wildman–Crippen LogP) is 6.99. The molecule has 2 aromatic rings. The summed E-state index contributed by atoms with van der Waals surface area (Å²) in [6.07, 6.45) is 0.166. The van der Waals surface area contributed by atoms with Gasteiger partial charge in [0.15, 0.2) is 11.7 Å². The largest absolute Gasteiger partial charge is 0.497 e. The average molecular weight is 835 g/mol. The van der Waals surface area contributed by atoms with Crippen LogP contribution in [-0.2, 0) is 50.0 Å². The molecule has 6 atom stereocenters. The highest BCUT2D eigenvalue weighted by Crippen LogP contribution is 2.64. The summed E-state index contributed by atoms with van der Waals surface area (Å²) in [6, 6.07) is 12.5. The molecule has 58 heavy (non-hydrogen) atoms. The van der Waals surface area contributed by atoms with Gasteiger partial charge in [-0.1, -0.05) is 35.7 Å². The number of esters is 2. The Labute approximate surface area is 342 Å². The van der Waals surface area contributed by atoms with E-state index in [4.69, 9.17) is 28.5 Å². The minimum absolute atomic E-state index is 0.0637. The molecule has 0 unspecified atom stereocenters. The maximum atomic E-state index is 14.0. The highest BCUT2D eigenvalue weighted by molar-refractivity contribution is 7.89. The molecule has 15 nitrogen and oxygen atoms in total. The lowest BCUT2D eigenvalue weighted by molar-refractivity contribution is -0.388. The molecule has 4 rings (SSSR count). The van der Waals surface area contributed by atoms with Gasteiger partial charge in [0.2, 0.25) is 0 Å². The minimum Gasteiger partial charge on any atom is -0.497 e. The molecule has 0 radical (unpaired) electrons. The van der Waals surface area contributed by atoms with Crippen LogP contribution in [-0.4, -0.2) is 86.8 Å². The van der Waals surface area contributed by atoms with E-state index in [1.165, 1.54) is 19.2 Å². The van der Waals surface area contributed by atoms with Crippen molar-refractivity contribution in [1.29, 1.82) is 0 Å². The molecule has 0 amide bonds. The van der Waals surface area contributed by atoms with Gasteiger partial charge < -0.3 is 28.8 Å². The molecular formula is C42H62N2O13S. The number of sulfonamides is 1. The van der Waals surface area contributed by atoms with Crippen LogP contribution in [0.1, 0.15) is 99.0 Å². The number of para-hydroxylation sites is 1. The number of rotatable bonds is 19. The molecule has 2 aromatic carbocycles. The third kappa shape index (κ3) is 10.5. The molecule has 0 bridgehead atoms. The van der Waals surface area contributed by atoms with Gasteiger partial charge in [0.05, 0.1) is 29.5 Å². The van der Waals surface area contributed by atoms with Crippen LogP contribution in [0.25, 0.3) is 0 Å². The maximum absolute atomic E-state index is 14.0. The average Bonchev–Trinajstić information content (AvgIpc) is 3.38. The zero-order valence-corrected chi connectivity index (χ0v) is 36.2. The Balaban J connectivity index is 1.75. The molecule has 2 aliphatic rings. The van der Waals surface area contributed by atoms with Crippen LogP contribution in [0.4, 0.5) is 5.69 Å². The van der Waals surface area contributed by atoms with Gasteiger partial charge in [-0.2, -0.15) is 0 Å². The summed E-state index contributed by atoms with van der Waals surface area (Å²) in [4.78, 5) is 43.4. The van der Waals surface area contributed by atoms with Crippen molar-refractivity contribution < 1.29 is 56.6 Å². The molecular weight excluding hydrogens is 773 g/mol. The van der Waals surface area contributed by atoms with Crippen LogP contribution in [0.15, 0.2) is 53.4 Å². The number of carbonyl (C=O) groups is 2. The highest BCUT2D eigenvalue weighted by atomic mass is 32.2. The van der Waals surface area contributed by atoms with Gasteiger partial charge in [-0.15, -0.1) is 0 Å². The van der Waals surface area contributed by atoms with Crippen molar-refractivity contribution in [2.75, 3.05) is 34.2 Å². The molecule has 2 saturated carbocycles. The third-order valence-corrected chi connectivity index (χ3v) is 13.0. The molecule has 0 heterocycles. The number of aliphatic hydroxyl groups is 1. The van der Waals surface area contributed by atoms with E-state index in [0.29, 0.717) is 30.3 Å². The van der Waals surface area contributed by atoms with Crippen LogP contribution < -0.4 is 4.74 Å². The topological polar surface area (TPSA) is 190 Å². The van der Waals surface area contributed by atoms with Crippen molar-refractivity contribution in [2.45, 2.75) is 123 Å². The summed E-state index contributed by atoms with van der Waals surface area (Å²) >= 11 is 0. The van der Waals surface area contributed by atoms with Gasteiger partial charge in [-0.3, -0.25) is 24.5 Å². The lowest BCUT2D eigenvalue weighted by atomic mass is 9.55. The van der Waals surface area contributed by atoms with Gasteiger partial charge in [0.25, 0.3) is 15.7 Å². The summed E-state index contributed by atoms with van der Waals surface area (Å²) in [5.74, 6) is -0.470. The molecule has 2 fully saturated rings. The normalized spacial score (nSPS) is 24.9. The Morgan fingerprint density at radius 1 is 0.897 bits per heavy atom. The Hall–Kier alpha value is -3.67. The molecule has 0 aromatic heterocycles. The van der Waals surface area contributed by atoms with E-state index >= 15 is 0 Å². The number of hydrogen-bond donors (Lipinski definition) is 1. The summed E-state index contributed by atoms with van der Waals surface area (Å²) < 4.78 is 57.7. The van der Waals surface area contributed by atoms with E-state index in [2.05, 4.69) is 6.92 Å². The van der Waals surface area contributed by atoms with Crippen LogP contribution in [0.5, 0.6) is 5.75 Å². The van der Waals surface area contributed by atoms with Gasteiger partial charge in [0.1, 0.15) is 23.6 Å². The molecule has 2 aliphatic carbocycles. The van der Waals surface area contributed by atoms with Crippen molar-refractivity contribution in [3.05, 3.63) is 64.2 Å². The Morgan fingerprint density at radius 2 is 1.52 bits per heavy atom. The number of nitro benzene ring substituents is 1. The Morgan fingerprint density at radius 3 is 2.10 bits per heavy atom. The summed E-state index contributed by atoms with van der Waals surface area (Å²) in [6.45, 7) is 12.3. The van der Waals surface area contributed by atoms with E-state index in [1.807, 2.05) is 24.3 Å². The van der Waals surface area contributed by atoms with Crippen LogP contribution >= 0.6 is 0 Å². The number of benzene rings is 2. The summed E-state index contributed by atoms with van der Waals surface area (Å²) in [7, 11) is -1.70. The van der Waals surface area contributed by atoms with Gasteiger partial charge in [-0.25, -0.2) is 8.42 Å². The molecule has 1 N–H and O–H groups in total. The minimum atomic E-state index is -4.61. The molecule has 16 heteroatoms. The first kappa shape index (κ1) is 47.0. The van der Waals surface area contributed by atoms with Crippen LogP contribution in [0, 0.1) is 38.2 Å². The van der Waals surface area contributed by atoms with Crippen molar-refractivity contribution in [1.82, 2.24) is 4.47 Å². The smallest absolute Gasteiger partial charge is 0.311 e. The fraction of sp³-hybridized carbons (Fsp3) is 0.667. The Kier molecular flexibility index (Phi) is 15.5. The van der Waals surface area contributed by atoms with Crippen molar-refractivity contribution in [3.63, 3.8) is 0 Å². The van der Waals surface area contributed by atoms with E-state index in [0.717, 1.165) is 23.4 Å². The first-order chi connectivity index (χ1) is 27.1. The van der Waals surface area contributed by atoms with Crippen molar-refractivity contribution in [3.8, 4) is 5.75 Å². The molecule has 0 saturated heterocycles. The van der Waals surface area contributed by atoms with Crippen LogP contribution in [0.3, 0.4) is 0 Å². The van der Waals surface area contributed by atoms with E-state index in [-0.39, 0.29) is 50.7 Å². The third-order valence-electron chi connectivity index (χ3n) is 11.3. The number of fused-ring (bicyclic) bond motifs is 1. The van der Waals surface area contributed by atoms with Crippen molar-refractivity contribution in [2.24, 2.45) is 28.1 Å². The molecule has 324 valence electrons. The van der Waals surface area contributed by atoms with E-state index in [1.54, 1.807) is 48.7 Å². The zero-order valence-electron chi connectivity index (χ0n) is 35.4. The summed E-state index contributed by atoms with van der Waals surface area (Å²) in [5.41, 5.74) is -4.42. The van der Waals surface area contributed by atoms with E-state index < -0.39 is 78.3 Å². The lowest BCUT2D eigenvalue weighted by Crippen LogP contribution is -2.62. The first-order valence-corrected chi connectivity index (χ1v) is 21.3. The lowest BCUT2D eigenvalue weighted by Gasteiger charge is -2.54. The first-order valence-electron chi connectivity index (χ1n) is 19.8. The number of nitro groups is 1. The maximum Gasteiger partial charge on any atom is 0.311 e. The highest BCUT2D eigenvalue weighted by Gasteiger charge is 2.70. The monoisotopic (exact) mass is 834 g/mol. The van der Waals surface area contributed by atoms with Gasteiger partial charge in [0, 0.05) is 31.7 Å². The number of carbonyl (C=O) groups excluding carboxylic acids is 2. The van der Waals surface area contributed by atoms with Crippen LogP contribution in [0.2, 0.25) is 0 Å². The fourth-order valence-corrected chi connectivity index (χ4v) is 9.79. The fourth-order valence-electron chi connectivity index (χ4n) is 8.37. The van der Waals surface area contributed by atoms with E-state index in [9.17, 15) is 33.2 Å². The molecule has 0 aliphatic heterocycles. The number of ether oxygens (including phenoxy) is 5. The van der Waals surface area contributed by atoms with Crippen molar-refractivity contribution >= 4 is 27.6 Å². The Bertz CT molecular complexity index is 1820.